The zero-order chi connectivity index (χ0) is 22.6. The monoisotopic (exact) mass is 458 g/mol. The Bertz CT molecular complexity index is 1210. The van der Waals surface area contributed by atoms with Crippen LogP contribution in [0.3, 0.4) is 0 Å². The number of esters is 1. The van der Waals surface area contributed by atoms with Crippen LogP contribution in [0.25, 0.3) is 0 Å². The maximum absolute atomic E-state index is 12.7. The molecule has 3 rings (SSSR count). The molecule has 1 heterocycles. The summed E-state index contributed by atoms with van der Waals surface area (Å²) in [6.07, 6.45) is 0. The van der Waals surface area contributed by atoms with Gasteiger partial charge in [-0.2, -0.15) is 0 Å². The molecule has 0 aliphatic carbocycles. The van der Waals surface area contributed by atoms with Gasteiger partial charge in [-0.25, -0.2) is 13.2 Å². The zero-order valence-electron chi connectivity index (χ0n) is 17.3. The van der Waals surface area contributed by atoms with Gasteiger partial charge in [-0.15, -0.1) is 11.3 Å². The van der Waals surface area contributed by atoms with Gasteiger partial charge >= 0.3 is 5.97 Å². The van der Waals surface area contributed by atoms with Crippen molar-refractivity contribution < 1.29 is 22.7 Å². The molecule has 0 spiro atoms. The summed E-state index contributed by atoms with van der Waals surface area (Å²) >= 11 is 1.13. The fourth-order valence-corrected chi connectivity index (χ4v) is 4.79. The summed E-state index contributed by atoms with van der Waals surface area (Å²) in [6.45, 7) is 5.63. The minimum Gasteiger partial charge on any atom is -0.462 e. The molecule has 0 atom stereocenters. The molecule has 0 unspecified atom stereocenters. The van der Waals surface area contributed by atoms with Crippen molar-refractivity contribution in [2.24, 2.45) is 0 Å². The molecular formula is C22H22N2O5S2. The van der Waals surface area contributed by atoms with E-state index in [2.05, 4.69) is 10.0 Å². The number of amides is 1. The third-order valence-electron chi connectivity index (χ3n) is 4.32. The first kappa shape index (κ1) is 22.5. The van der Waals surface area contributed by atoms with E-state index in [-0.39, 0.29) is 22.8 Å². The van der Waals surface area contributed by atoms with Crippen LogP contribution in [0.4, 0.5) is 10.7 Å². The highest BCUT2D eigenvalue weighted by molar-refractivity contribution is 7.92. The molecular weight excluding hydrogens is 436 g/mol. The molecule has 0 aliphatic rings. The van der Waals surface area contributed by atoms with E-state index in [1.54, 1.807) is 50.2 Å². The second kappa shape index (κ2) is 9.32. The Morgan fingerprint density at radius 2 is 1.74 bits per heavy atom. The van der Waals surface area contributed by atoms with E-state index in [1.165, 1.54) is 18.2 Å². The average molecular weight is 459 g/mol. The standard InChI is InChI=1S/C22H22N2O5S2/c1-4-29-22(26)20-15(3)12-19(30-20)23-21(25)16-6-5-7-17(13-16)24-31(27,28)18-10-8-14(2)9-11-18/h5-13,24H,4H2,1-3H3,(H,23,25). The van der Waals surface area contributed by atoms with Crippen molar-refractivity contribution in [2.75, 3.05) is 16.6 Å². The number of anilines is 2. The third kappa shape index (κ3) is 5.50. The van der Waals surface area contributed by atoms with E-state index < -0.39 is 21.9 Å². The lowest BCUT2D eigenvalue weighted by molar-refractivity contribution is 0.0531. The SMILES string of the molecule is CCOC(=O)c1sc(NC(=O)c2cccc(NS(=O)(=O)c3ccc(C)cc3)c2)cc1C. The number of carbonyl (C=O) groups is 2. The number of sulfonamides is 1. The number of nitrogens with one attached hydrogen (secondary N) is 2. The van der Waals surface area contributed by atoms with Gasteiger partial charge < -0.3 is 10.1 Å². The molecule has 0 fully saturated rings. The molecule has 3 aromatic rings. The summed E-state index contributed by atoms with van der Waals surface area (Å²) in [5.41, 5.74) is 2.20. The van der Waals surface area contributed by atoms with Crippen LogP contribution in [0, 0.1) is 13.8 Å². The lowest BCUT2D eigenvalue weighted by Gasteiger charge is -2.10. The molecule has 0 saturated heterocycles. The van der Waals surface area contributed by atoms with Crippen LogP contribution in [-0.2, 0) is 14.8 Å². The van der Waals surface area contributed by atoms with Crippen molar-refractivity contribution in [1.82, 2.24) is 0 Å². The van der Waals surface area contributed by atoms with Crippen molar-refractivity contribution in [3.63, 3.8) is 0 Å². The highest BCUT2D eigenvalue weighted by Crippen LogP contribution is 2.28. The molecule has 162 valence electrons. The summed E-state index contributed by atoms with van der Waals surface area (Å²) in [5, 5.41) is 3.24. The van der Waals surface area contributed by atoms with Gasteiger partial charge in [0.25, 0.3) is 15.9 Å². The number of aryl methyl sites for hydroxylation is 2. The fraction of sp³-hybridized carbons (Fsp3) is 0.182. The van der Waals surface area contributed by atoms with E-state index in [4.69, 9.17) is 4.74 Å². The number of hydrogen-bond donors (Lipinski definition) is 2. The minimum absolute atomic E-state index is 0.133. The number of benzene rings is 2. The third-order valence-corrected chi connectivity index (χ3v) is 6.85. The summed E-state index contributed by atoms with van der Waals surface area (Å²) in [6, 6.07) is 14.3. The summed E-state index contributed by atoms with van der Waals surface area (Å²) in [5.74, 6) is -0.856. The maximum Gasteiger partial charge on any atom is 0.348 e. The van der Waals surface area contributed by atoms with E-state index in [9.17, 15) is 18.0 Å². The van der Waals surface area contributed by atoms with Crippen molar-refractivity contribution in [1.29, 1.82) is 0 Å². The number of hydrogen-bond acceptors (Lipinski definition) is 6. The van der Waals surface area contributed by atoms with Gasteiger partial charge in [0, 0.05) is 11.3 Å². The minimum atomic E-state index is -3.78. The molecule has 31 heavy (non-hydrogen) atoms. The Morgan fingerprint density at radius 3 is 2.42 bits per heavy atom. The number of ether oxygens (including phenoxy) is 1. The zero-order valence-corrected chi connectivity index (χ0v) is 18.9. The van der Waals surface area contributed by atoms with Crippen LogP contribution in [0.2, 0.25) is 0 Å². The highest BCUT2D eigenvalue weighted by Gasteiger charge is 2.18. The molecule has 0 aliphatic heterocycles. The normalized spacial score (nSPS) is 11.1. The largest absolute Gasteiger partial charge is 0.462 e. The first-order valence-corrected chi connectivity index (χ1v) is 11.8. The van der Waals surface area contributed by atoms with Crippen LogP contribution in [-0.4, -0.2) is 26.9 Å². The fourth-order valence-electron chi connectivity index (χ4n) is 2.78. The van der Waals surface area contributed by atoms with E-state index in [0.29, 0.717) is 15.4 Å². The van der Waals surface area contributed by atoms with Crippen LogP contribution in [0.1, 0.15) is 38.1 Å². The van der Waals surface area contributed by atoms with Crippen LogP contribution in [0.15, 0.2) is 59.5 Å². The highest BCUT2D eigenvalue weighted by atomic mass is 32.2. The second-order valence-corrected chi connectivity index (χ2v) is 9.53. The predicted octanol–water partition coefficient (Wildman–Crippen LogP) is 4.59. The van der Waals surface area contributed by atoms with Gasteiger partial charge in [-0.05, 0) is 62.7 Å². The van der Waals surface area contributed by atoms with Gasteiger partial charge in [-0.3, -0.25) is 9.52 Å². The van der Waals surface area contributed by atoms with Crippen molar-refractivity contribution in [3.05, 3.63) is 76.2 Å². The Morgan fingerprint density at radius 1 is 1.03 bits per heavy atom. The first-order valence-electron chi connectivity index (χ1n) is 9.48. The van der Waals surface area contributed by atoms with Gasteiger partial charge in [-0.1, -0.05) is 23.8 Å². The van der Waals surface area contributed by atoms with E-state index >= 15 is 0 Å². The van der Waals surface area contributed by atoms with E-state index in [0.717, 1.165) is 16.9 Å². The predicted molar refractivity (Wildman–Crippen MR) is 121 cm³/mol. The molecule has 9 heteroatoms. The topological polar surface area (TPSA) is 102 Å². The van der Waals surface area contributed by atoms with Gasteiger partial charge in [0.15, 0.2) is 0 Å². The molecule has 1 aromatic heterocycles. The van der Waals surface area contributed by atoms with Gasteiger partial charge in [0.1, 0.15) is 4.88 Å². The van der Waals surface area contributed by atoms with Crippen LogP contribution < -0.4 is 10.0 Å². The lowest BCUT2D eigenvalue weighted by Crippen LogP contribution is -2.15. The average Bonchev–Trinajstić information content (AvgIpc) is 3.08. The molecule has 0 bridgehead atoms. The summed E-state index contributed by atoms with van der Waals surface area (Å²) in [4.78, 5) is 25.2. The quantitative estimate of drug-likeness (QED) is 0.504. The Hall–Kier alpha value is -3.17. The number of thiophene rings is 1. The van der Waals surface area contributed by atoms with Crippen molar-refractivity contribution in [2.45, 2.75) is 25.7 Å². The maximum atomic E-state index is 12.7. The lowest BCUT2D eigenvalue weighted by atomic mass is 10.2. The van der Waals surface area contributed by atoms with Gasteiger partial charge in [0.2, 0.25) is 0 Å². The van der Waals surface area contributed by atoms with Crippen LogP contribution >= 0.6 is 11.3 Å². The Kier molecular flexibility index (Phi) is 6.77. The molecule has 7 nitrogen and oxygen atoms in total. The van der Waals surface area contributed by atoms with Crippen LogP contribution in [0.5, 0.6) is 0 Å². The Labute approximate surface area is 185 Å². The first-order chi connectivity index (χ1) is 14.7. The summed E-state index contributed by atoms with van der Waals surface area (Å²) in [7, 11) is -3.78. The molecule has 2 aromatic carbocycles. The van der Waals surface area contributed by atoms with Crippen molar-refractivity contribution in [3.8, 4) is 0 Å². The molecule has 1 amide bonds. The number of rotatable bonds is 7. The smallest absolute Gasteiger partial charge is 0.348 e. The van der Waals surface area contributed by atoms with E-state index in [1.807, 2.05) is 6.92 Å². The second-order valence-electron chi connectivity index (χ2n) is 6.80. The molecule has 0 saturated carbocycles. The number of carbonyl (C=O) groups excluding carboxylic acids is 2. The molecule has 2 N–H and O–H groups in total. The van der Waals surface area contributed by atoms with Gasteiger partial charge in [0.05, 0.1) is 16.5 Å². The molecule has 0 radical (unpaired) electrons. The Balaban J connectivity index is 1.75. The summed E-state index contributed by atoms with van der Waals surface area (Å²) < 4.78 is 32.7. The van der Waals surface area contributed by atoms with Crippen molar-refractivity contribution >= 4 is 43.9 Å².